The van der Waals surface area contributed by atoms with Gasteiger partial charge in [-0.3, -0.25) is 4.79 Å². The third-order valence-electron chi connectivity index (χ3n) is 5.67. The molecule has 2 aromatic carbocycles. The Balaban J connectivity index is 1.25. The summed E-state index contributed by atoms with van der Waals surface area (Å²) < 4.78 is 45.7. The monoisotopic (exact) mass is 450 g/mol. The van der Waals surface area contributed by atoms with Gasteiger partial charge < -0.3 is 24.4 Å². The van der Waals surface area contributed by atoms with Crippen LogP contribution in [0.4, 0.5) is 18.0 Å². The summed E-state index contributed by atoms with van der Waals surface area (Å²) >= 11 is 0. The topological polar surface area (TPSA) is 79.3 Å². The quantitative estimate of drug-likeness (QED) is 0.770. The summed E-state index contributed by atoms with van der Waals surface area (Å²) in [7, 11) is 0. The van der Waals surface area contributed by atoms with Gasteiger partial charge in [0.15, 0.2) is 0 Å². The summed E-state index contributed by atoms with van der Waals surface area (Å²) in [5, 5.41) is 9.36. The molecule has 4 rings (SSSR count). The minimum Gasteiger partial charge on any atom is -0.508 e. The van der Waals surface area contributed by atoms with Crippen LogP contribution in [0.3, 0.4) is 0 Å². The van der Waals surface area contributed by atoms with Crippen molar-refractivity contribution in [2.24, 2.45) is 11.8 Å². The molecule has 7 nitrogen and oxygen atoms in total. The van der Waals surface area contributed by atoms with Gasteiger partial charge in [-0.05, 0) is 42.0 Å². The molecule has 0 radical (unpaired) electrons. The Bertz CT molecular complexity index is 965. The normalized spacial score (nSPS) is 20.2. The van der Waals surface area contributed by atoms with E-state index in [0.29, 0.717) is 37.3 Å². The van der Waals surface area contributed by atoms with Gasteiger partial charge in [-0.15, -0.1) is 13.2 Å². The molecule has 2 atom stereocenters. The molecule has 2 aliphatic rings. The van der Waals surface area contributed by atoms with Crippen LogP contribution < -0.4 is 4.74 Å². The van der Waals surface area contributed by atoms with Crippen molar-refractivity contribution in [3.63, 3.8) is 0 Å². The molecule has 1 unspecified atom stereocenters. The van der Waals surface area contributed by atoms with Crippen molar-refractivity contribution in [1.29, 1.82) is 0 Å². The molecule has 32 heavy (non-hydrogen) atoms. The highest BCUT2D eigenvalue weighted by atomic mass is 19.4. The number of likely N-dealkylation sites (tertiary alicyclic amines) is 2. The zero-order valence-corrected chi connectivity index (χ0v) is 16.9. The lowest BCUT2D eigenvalue weighted by molar-refractivity contribution is -0.274. The molecule has 10 heteroatoms. The molecule has 0 saturated carbocycles. The SMILES string of the molecule is O=C(OCc1ccc(OC(F)(F)F)cc1)N1CC2CN(C(=O)c3ccc(O)cc3)C[C@H]2C1. The molecule has 2 fully saturated rings. The van der Waals surface area contributed by atoms with Crippen molar-refractivity contribution in [2.75, 3.05) is 26.2 Å². The maximum absolute atomic E-state index is 12.6. The molecule has 0 aromatic heterocycles. The number of hydrogen-bond acceptors (Lipinski definition) is 5. The summed E-state index contributed by atoms with van der Waals surface area (Å²) in [6, 6.07) is 11.2. The molecule has 0 aliphatic carbocycles. The summed E-state index contributed by atoms with van der Waals surface area (Å²) in [6.45, 7) is 1.95. The molecular formula is C22H21F3N2O5. The zero-order chi connectivity index (χ0) is 22.9. The van der Waals surface area contributed by atoms with E-state index in [1.165, 1.54) is 24.3 Å². The lowest BCUT2D eigenvalue weighted by Crippen LogP contribution is -2.35. The van der Waals surface area contributed by atoms with E-state index in [1.54, 1.807) is 21.9 Å². The number of nitrogens with zero attached hydrogens (tertiary/aromatic N) is 2. The van der Waals surface area contributed by atoms with Crippen LogP contribution >= 0.6 is 0 Å². The minimum absolute atomic E-state index is 0.0670. The first-order chi connectivity index (χ1) is 15.2. The van der Waals surface area contributed by atoms with Crippen LogP contribution in [0.2, 0.25) is 0 Å². The lowest BCUT2D eigenvalue weighted by Gasteiger charge is -2.21. The molecular weight excluding hydrogens is 429 g/mol. The van der Waals surface area contributed by atoms with Crippen LogP contribution in [0.1, 0.15) is 15.9 Å². The number of halogens is 3. The van der Waals surface area contributed by atoms with Gasteiger partial charge in [-0.25, -0.2) is 4.79 Å². The molecule has 0 spiro atoms. The van der Waals surface area contributed by atoms with Crippen LogP contribution in [0.5, 0.6) is 11.5 Å². The number of aromatic hydroxyl groups is 1. The van der Waals surface area contributed by atoms with Gasteiger partial charge in [0.25, 0.3) is 5.91 Å². The van der Waals surface area contributed by atoms with Gasteiger partial charge in [-0.2, -0.15) is 0 Å². The van der Waals surface area contributed by atoms with Gasteiger partial charge in [0, 0.05) is 43.6 Å². The number of rotatable bonds is 4. The van der Waals surface area contributed by atoms with Crippen molar-refractivity contribution in [1.82, 2.24) is 9.80 Å². The number of benzene rings is 2. The van der Waals surface area contributed by atoms with Crippen molar-refractivity contribution in [2.45, 2.75) is 13.0 Å². The van der Waals surface area contributed by atoms with Crippen molar-refractivity contribution >= 4 is 12.0 Å². The highest BCUT2D eigenvalue weighted by molar-refractivity contribution is 5.94. The van der Waals surface area contributed by atoms with Crippen LogP contribution in [0, 0.1) is 11.8 Å². The first kappa shape index (κ1) is 21.8. The molecule has 170 valence electrons. The predicted octanol–water partition coefficient (Wildman–Crippen LogP) is 3.63. The highest BCUT2D eigenvalue weighted by Crippen LogP contribution is 2.32. The number of hydrogen-bond donors (Lipinski definition) is 1. The maximum Gasteiger partial charge on any atom is 0.573 e. The van der Waals surface area contributed by atoms with E-state index in [2.05, 4.69) is 4.74 Å². The molecule has 2 amide bonds. The van der Waals surface area contributed by atoms with Gasteiger partial charge in [0.2, 0.25) is 0 Å². The molecule has 1 N–H and O–H groups in total. The zero-order valence-electron chi connectivity index (χ0n) is 16.9. The Labute approximate surface area is 181 Å². The third-order valence-corrected chi connectivity index (χ3v) is 5.67. The molecule has 2 saturated heterocycles. The number of fused-ring (bicyclic) bond motifs is 1. The smallest absolute Gasteiger partial charge is 0.508 e. The van der Waals surface area contributed by atoms with E-state index >= 15 is 0 Å². The Morgan fingerprint density at radius 3 is 2.03 bits per heavy atom. The van der Waals surface area contributed by atoms with Crippen LogP contribution in [0.15, 0.2) is 48.5 Å². The Hall–Kier alpha value is -3.43. The number of ether oxygens (including phenoxy) is 2. The van der Waals surface area contributed by atoms with E-state index in [9.17, 15) is 27.9 Å². The fourth-order valence-electron chi connectivity index (χ4n) is 4.12. The Morgan fingerprint density at radius 2 is 1.47 bits per heavy atom. The number of alkyl halides is 3. The van der Waals surface area contributed by atoms with E-state index < -0.39 is 12.5 Å². The van der Waals surface area contributed by atoms with E-state index in [-0.39, 0.29) is 35.8 Å². The Morgan fingerprint density at radius 1 is 0.906 bits per heavy atom. The number of carbonyl (C=O) groups excluding carboxylic acids is 2. The number of amides is 2. The highest BCUT2D eigenvalue weighted by Gasteiger charge is 2.43. The standard InChI is InChI=1S/C22H21F3N2O5/c23-22(24,25)32-19-7-1-14(2-8-19)13-31-21(30)27-11-16-9-26(10-17(16)12-27)20(29)15-3-5-18(28)6-4-15/h1-8,16-17,28H,9-13H2/t16-,17?/m0/s1. The third kappa shape index (κ3) is 5.06. The maximum atomic E-state index is 12.6. The van der Waals surface area contributed by atoms with Crippen molar-refractivity contribution < 1.29 is 37.3 Å². The molecule has 0 bridgehead atoms. The summed E-state index contributed by atoms with van der Waals surface area (Å²) in [6.07, 6.45) is -5.25. The average Bonchev–Trinajstić information content (AvgIpc) is 3.31. The predicted molar refractivity (Wildman–Crippen MR) is 106 cm³/mol. The van der Waals surface area contributed by atoms with E-state index in [1.807, 2.05) is 0 Å². The number of phenols is 1. The molecule has 2 aromatic rings. The lowest BCUT2D eigenvalue weighted by atomic mass is 10.0. The Kier molecular flexibility index (Phi) is 5.86. The number of carbonyl (C=O) groups is 2. The average molecular weight is 450 g/mol. The van der Waals surface area contributed by atoms with Crippen LogP contribution in [-0.2, 0) is 11.3 Å². The van der Waals surface area contributed by atoms with Gasteiger partial charge >= 0.3 is 12.5 Å². The van der Waals surface area contributed by atoms with Crippen molar-refractivity contribution in [3.05, 3.63) is 59.7 Å². The fraction of sp³-hybridized carbons (Fsp3) is 0.364. The summed E-state index contributed by atoms with van der Waals surface area (Å²) in [4.78, 5) is 28.4. The second kappa shape index (κ2) is 8.60. The van der Waals surface area contributed by atoms with E-state index in [0.717, 1.165) is 12.1 Å². The minimum atomic E-state index is -4.76. The summed E-state index contributed by atoms with van der Waals surface area (Å²) in [5.74, 6) is -0.0396. The van der Waals surface area contributed by atoms with E-state index in [4.69, 9.17) is 4.74 Å². The van der Waals surface area contributed by atoms with Gasteiger partial charge in [0.1, 0.15) is 18.1 Å². The second-order valence-corrected chi connectivity index (χ2v) is 7.93. The summed E-state index contributed by atoms with van der Waals surface area (Å²) in [5.41, 5.74) is 1.05. The van der Waals surface area contributed by atoms with Crippen LogP contribution in [0.25, 0.3) is 0 Å². The number of phenolic OH excluding ortho intramolecular Hbond substituents is 1. The van der Waals surface area contributed by atoms with Crippen molar-refractivity contribution in [3.8, 4) is 11.5 Å². The van der Waals surface area contributed by atoms with Gasteiger partial charge in [0.05, 0.1) is 0 Å². The first-order valence-electron chi connectivity index (χ1n) is 10.0. The second-order valence-electron chi connectivity index (χ2n) is 7.93. The van der Waals surface area contributed by atoms with Crippen LogP contribution in [-0.4, -0.2) is 59.4 Å². The molecule has 2 heterocycles. The largest absolute Gasteiger partial charge is 0.573 e. The van der Waals surface area contributed by atoms with Gasteiger partial charge in [-0.1, -0.05) is 12.1 Å². The fourth-order valence-corrected chi connectivity index (χ4v) is 4.12. The molecule has 2 aliphatic heterocycles. The first-order valence-corrected chi connectivity index (χ1v) is 10.0.